The minimum Gasteiger partial charge on any atom is -0.496 e. The molecule has 2 aromatic carbocycles. The van der Waals surface area contributed by atoms with Gasteiger partial charge in [0.1, 0.15) is 5.75 Å². The van der Waals surface area contributed by atoms with Crippen LogP contribution in [-0.4, -0.2) is 25.1 Å². The number of halogens is 2. The Labute approximate surface area is 158 Å². The van der Waals surface area contributed by atoms with Crippen molar-refractivity contribution in [2.24, 2.45) is 5.10 Å². The van der Waals surface area contributed by atoms with Crippen LogP contribution in [0.3, 0.4) is 0 Å². The molecule has 0 bridgehead atoms. The average Bonchev–Trinajstić information content (AvgIpc) is 2.61. The first-order valence-electron chi connectivity index (χ1n) is 7.19. The maximum atomic E-state index is 11.7. The molecule has 6 nitrogen and oxygen atoms in total. The zero-order chi connectivity index (χ0) is 18.2. The summed E-state index contributed by atoms with van der Waals surface area (Å²) in [7, 11) is 1.53. The fraction of sp³-hybridized carbons (Fsp3) is 0.118. The van der Waals surface area contributed by atoms with Gasteiger partial charge in [0.15, 0.2) is 0 Å². The van der Waals surface area contributed by atoms with E-state index in [1.165, 1.54) is 13.3 Å². The molecule has 0 aliphatic heterocycles. The van der Waals surface area contributed by atoms with Gasteiger partial charge in [-0.15, -0.1) is 0 Å². The number of nitrogens with one attached hydrogen (secondary N) is 2. The van der Waals surface area contributed by atoms with Gasteiger partial charge in [0, 0.05) is 21.6 Å². The Hall–Kier alpha value is -2.38. The normalized spacial score (nSPS) is 10.5. The monoisotopic (exact) mass is 423 g/mol. The third kappa shape index (κ3) is 5.88. The van der Waals surface area contributed by atoms with E-state index in [0.29, 0.717) is 16.3 Å². The molecule has 0 aromatic heterocycles. The van der Waals surface area contributed by atoms with E-state index in [0.717, 1.165) is 10.0 Å². The van der Waals surface area contributed by atoms with Gasteiger partial charge in [-0.05, 0) is 35.9 Å². The maximum absolute atomic E-state index is 11.7. The van der Waals surface area contributed by atoms with Gasteiger partial charge in [-0.3, -0.25) is 9.59 Å². The molecule has 8 heteroatoms. The molecule has 0 atom stereocenters. The Morgan fingerprint density at radius 1 is 1.20 bits per heavy atom. The molecular formula is C17H15BrClN3O3. The van der Waals surface area contributed by atoms with Crippen molar-refractivity contribution in [3.63, 3.8) is 0 Å². The molecule has 0 saturated heterocycles. The number of benzene rings is 2. The van der Waals surface area contributed by atoms with Gasteiger partial charge in [-0.1, -0.05) is 39.7 Å². The van der Waals surface area contributed by atoms with Crippen LogP contribution in [0.4, 0.5) is 0 Å². The SMILES string of the molecule is COc1ccc(Br)cc1C=NNC(=O)C(=O)NCc1ccc(Cl)cc1. The van der Waals surface area contributed by atoms with E-state index in [1.54, 1.807) is 36.4 Å². The van der Waals surface area contributed by atoms with Crippen molar-refractivity contribution in [2.45, 2.75) is 6.54 Å². The topological polar surface area (TPSA) is 79.8 Å². The van der Waals surface area contributed by atoms with Gasteiger partial charge >= 0.3 is 11.8 Å². The van der Waals surface area contributed by atoms with Gasteiger partial charge in [0.2, 0.25) is 0 Å². The van der Waals surface area contributed by atoms with Gasteiger partial charge in [0.25, 0.3) is 0 Å². The zero-order valence-electron chi connectivity index (χ0n) is 13.3. The van der Waals surface area contributed by atoms with Crippen molar-refractivity contribution in [3.05, 3.63) is 63.1 Å². The first kappa shape index (κ1) is 19.0. The molecule has 0 radical (unpaired) electrons. The third-order valence-corrected chi connectivity index (χ3v) is 3.88. The summed E-state index contributed by atoms with van der Waals surface area (Å²) in [4.78, 5) is 23.5. The van der Waals surface area contributed by atoms with E-state index < -0.39 is 11.8 Å². The van der Waals surface area contributed by atoms with Gasteiger partial charge in [-0.25, -0.2) is 5.43 Å². The highest BCUT2D eigenvalue weighted by atomic mass is 79.9. The van der Waals surface area contributed by atoms with Crippen LogP contribution < -0.4 is 15.5 Å². The van der Waals surface area contributed by atoms with Crippen LogP contribution in [0.25, 0.3) is 0 Å². The molecule has 25 heavy (non-hydrogen) atoms. The van der Waals surface area contributed by atoms with E-state index in [-0.39, 0.29) is 6.54 Å². The fourth-order valence-electron chi connectivity index (χ4n) is 1.88. The lowest BCUT2D eigenvalue weighted by atomic mass is 10.2. The van der Waals surface area contributed by atoms with Gasteiger partial charge in [0.05, 0.1) is 13.3 Å². The van der Waals surface area contributed by atoms with E-state index in [2.05, 4.69) is 31.8 Å². The van der Waals surface area contributed by atoms with Crippen LogP contribution in [0, 0.1) is 0 Å². The molecule has 0 aliphatic carbocycles. The molecule has 0 saturated carbocycles. The van der Waals surface area contributed by atoms with E-state index >= 15 is 0 Å². The van der Waals surface area contributed by atoms with Crippen molar-refractivity contribution in [3.8, 4) is 5.75 Å². The highest BCUT2D eigenvalue weighted by Gasteiger charge is 2.12. The predicted octanol–water partition coefficient (Wildman–Crippen LogP) is 2.88. The second-order valence-corrected chi connectivity index (χ2v) is 6.25. The molecule has 0 spiro atoms. The number of carbonyl (C=O) groups is 2. The standard InChI is InChI=1S/C17H15BrClN3O3/c1-25-15-7-4-13(18)8-12(15)10-21-22-17(24)16(23)20-9-11-2-5-14(19)6-3-11/h2-8,10H,9H2,1H3,(H,20,23)(H,22,24). The zero-order valence-corrected chi connectivity index (χ0v) is 15.6. The number of hydrazone groups is 1. The summed E-state index contributed by atoms with van der Waals surface area (Å²) in [6.07, 6.45) is 1.40. The number of carbonyl (C=O) groups excluding carboxylic acids is 2. The second kappa shape index (κ2) is 9.19. The van der Waals surface area contributed by atoms with E-state index in [1.807, 2.05) is 6.07 Å². The Bertz CT molecular complexity index is 794. The summed E-state index contributed by atoms with van der Waals surface area (Å²) in [6.45, 7) is 0.215. The second-order valence-electron chi connectivity index (χ2n) is 4.89. The Kier molecular flexibility index (Phi) is 6.97. The molecule has 130 valence electrons. The smallest absolute Gasteiger partial charge is 0.329 e. The van der Waals surface area contributed by atoms with E-state index in [4.69, 9.17) is 16.3 Å². The van der Waals surface area contributed by atoms with Crippen molar-refractivity contribution in [2.75, 3.05) is 7.11 Å². The number of rotatable bonds is 5. The van der Waals surface area contributed by atoms with Crippen LogP contribution in [0.1, 0.15) is 11.1 Å². The molecule has 2 aromatic rings. The molecular weight excluding hydrogens is 410 g/mol. The minimum absolute atomic E-state index is 0.215. The van der Waals surface area contributed by atoms with Crippen molar-refractivity contribution in [1.82, 2.24) is 10.7 Å². The Morgan fingerprint density at radius 3 is 2.60 bits per heavy atom. The first-order chi connectivity index (χ1) is 12.0. The predicted molar refractivity (Wildman–Crippen MR) is 99.7 cm³/mol. The number of hydrogen-bond acceptors (Lipinski definition) is 4. The van der Waals surface area contributed by atoms with Crippen LogP contribution >= 0.6 is 27.5 Å². The average molecular weight is 425 g/mol. The minimum atomic E-state index is -0.862. The molecule has 0 fully saturated rings. The highest BCUT2D eigenvalue weighted by Crippen LogP contribution is 2.21. The summed E-state index contributed by atoms with van der Waals surface area (Å²) in [6, 6.07) is 12.3. The highest BCUT2D eigenvalue weighted by molar-refractivity contribution is 9.10. The van der Waals surface area contributed by atoms with Crippen LogP contribution in [-0.2, 0) is 16.1 Å². The molecule has 2 N–H and O–H groups in total. The number of nitrogens with zero attached hydrogens (tertiary/aromatic N) is 1. The van der Waals surface area contributed by atoms with Crippen molar-refractivity contribution in [1.29, 1.82) is 0 Å². The molecule has 0 unspecified atom stereocenters. The lowest BCUT2D eigenvalue weighted by molar-refractivity contribution is -0.139. The van der Waals surface area contributed by atoms with Crippen molar-refractivity contribution < 1.29 is 14.3 Å². The Balaban J connectivity index is 1.87. The van der Waals surface area contributed by atoms with Crippen LogP contribution in [0.15, 0.2) is 52.0 Å². The summed E-state index contributed by atoms with van der Waals surface area (Å²) >= 11 is 9.12. The lowest BCUT2D eigenvalue weighted by Gasteiger charge is -2.05. The summed E-state index contributed by atoms with van der Waals surface area (Å²) < 4.78 is 6.02. The van der Waals surface area contributed by atoms with Gasteiger partial charge < -0.3 is 10.1 Å². The maximum Gasteiger partial charge on any atom is 0.329 e. The fourth-order valence-corrected chi connectivity index (χ4v) is 2.39. The molecule has 0 aliphatic rings. The summed E-state index contributed by atoms with van der Waals surface area (Å²) in [5.41, 5.74) is 3.65. The largest absolute Gasteiger partial charge is 0.496 e. The van der Waals surface area contributed by atoms with Crippen LogP contribution in [0.5, 0.6) is 5.75 Å². The number of hydrogen-bond donors (Lipinski definition) is 2. The molecule has 2 rings (SSSR count). The van der Waals surface area contributed by atoms with E-state index in [9.17, 15) is 9.59 Å². The lowest BCUT2D eigenvalue weighted by Crippen LogP contribution is -2.37. The molecule has 0 heterocycles. The number of methoxy groups -OCH3 is 1. The van der Waals surface area contributed by atoms with Crippen molar-refractivity contribution >= 4 is 45.6 Å². The number of amides is 2. The third-order valence-electron chi connectivity index (χ3n) is 3.13. The van der Waals surface area contributed by atoms with Crippen LogP contribution in [0.2, 0.25) is 5.02 Å². The Morgan fingerprint density at radius 2 is 1.92 bits per heavy atom. The summed E-state index contributed by atoms with van der Waals surface area (Å²) in [5, 5.41) is 6.88. The van der Waals surface area contributed by atoms with Gasteiger partial charge in [-0.2, -0.15) is 5.10 Å². The number of ether oxygens (including phenoxy) is 1. The molecule has 2 amide bonds. The summed E-state index contributed by atoms with van der Waals surface area (Å²) in [5.74, 6) is -1.05. The first-order valence-corrected chi connectivity index (χ1v) is 8.36. The quantitative estimate of drug-likeness (QED) is 0.440.